The number of halogens is 1. The number of hydrogen-bond acceptors (Lipinski definition) is 5. The molecule has 1 aromatic heterocycles. The maximum atomic E-state index is 12.9. The van der Waals surface area contributed by atoms with Crippen molar-refractivity contribution >= 4 is 6.29 Å². The Morgan fingerprint density at radius 2 is 2.36 bits per heavy atom. The summed E-state index contributed by atoms with van der Waals surface area (Å²) in [7, 11) is 0. The Kier molecular flexibility index (Phi) is 3.78. The van der Waals surface area contributed by atoms with Crippen LogP contribution in [0.2, 0.25) is 0 Å². The molecule has 0 aliphatic carbocycles. The van der Waals surface area contributed by atoms with Crippen molar-refractivity contribution in [3.63, 3.8) is 0 Å². The van der Waals surface area contributed by atoms with E-state index in [4.69, 9.17) is 9.47 Å². The van der Waals surface area contributed by atoms with Crippen molar-refractivity contribution < 1.29 is 18.7 Å². The number of rotatable bonds is 5. The van der Waals surface area contributed by atoms with E-state index >= 15 is 0 Å². The minimum absolute atomic E-state index is 0.0815. The van der Waals surface area contributed by atoms with Crippen molar-refractivity contribution in [3.05, 3.63) is 12.0 Å². The molecule has 1 aromatic rings. The minimum atomic E-state index is -0.662. The Morgan fingerprint density at radius 3 is 3.00 bits per heavy atom. The number of carbonyl (C=O) groups excluding carboxylic acids is 1. The van der Waals surface area contributed by atoms with Crippen molar-refractivity contribution in [3.8, 4) is 11.9 Å². The summed E-state index contributed by atoms with van der Waals surface area (Å²) in [5.41, 5.74) is 0. The molecule has 0 spiro atoms. The van der Waals surface area contributed by atoms with E-state index in [1.807, 2.05) is 0 Å². The molecule has 1 rings (SSSR count). The second kappa shape index (κ2) is 5.11. The van der Waals surface area contributed by atoms with Crippen LogP contribution in [0.15, 0.2) is 6.20 Å². The standard InChI is InChI=1S/C8H9FN2O3/c1-2-13-7-6(9)5-10-8(11-7)14-4-3-12/h3,5H,2,4H2,1H3. The molecule has 14 heavy (non-hydrogen) atoms. The lowest BCUT2D eigenvalue weighted by atomic mass is 10.6. The van der Waals surface area contributed by atoms with Gasteiger partial charge in [-0.1, -0.05) is 0 Å². The number of carbonyl (C=O) groups is 1. The third kappa shape index (κ3) is 2.65. The summed E-state index contributed by atoms with van der Waals surface area (Å²) >= 11 is 0. The molecular weight excluding hydrogens is 191 g/mol. The zero-order valence-corrected chi connectivity index (χ0v) is 7.57. The molecule has 0 radical (unpaired) electrons. The summed E-state index contributed by atoms with van der Waals surface area (Å²) in [6.45, 7) is 1.83. The molecule has 0 amide bonds. The van der Waals surface area contributed by atoms with Crippen molar-refractivity contribution in [2.45, 2.75) is 6.92 Å². The molecule has 0 atom stereocenters. The molecular formula is C8H9FN2O3. The SMILES string of the molecule is CCOc1nc(OCC=O)ncc1F. The van der Waals surface area contributed by atoms with Crippen LogP contribution in [0.1, 0.15) is 6.92 Å². The molecule has 76 valence electrons. The number of hydrogen-bond donors (Lipinski definition) is 0. The number of aldehydes is 1. The van der Waals surface area contributed by atoms with Gasteiger partial charge in [-0.25, -0.2) is 4.98 Å². The molecule has 0 N–H and O–H groups in total. The first-order valence-electron chi connectivity index (χ1n) is 3.99. The van der Waals surface area contributed by atoms with Crippen LogP contribution >= 0.6 is 0 Å². The summed E-state index contributed by atoms with van der Waals surface area (Å²) in [5.74, 6) is -0.839. The summed E-state index contributed by atoms with van der Waals surface area (Å²) in [6.07, 6.45) is 1.48. The predicted octanol–water partition coefficient (Wildman–Crippen LogP) is 0.592. The second-order valence-electron chi connectivity index (χ2n) is 2.22. The Balaban J connectivity index is 2.77. The van der Waals surface area contributed by atoms with Gasteiger partial charge in [-0.2, -0.15) is 9.37 Å². The molecule has 5 nitrogen and oxygen atoms in total. The van der Waals surface area contributed by atoms with Gasteiger partial charge in [0.1, 0.15) is 6.61 Å². The van der Waals surface area contributed by atoms with E-state index in [1.54, 1.807) is 6.92 Å². The van der Waals surface area contributed by atoms with Crippen LogP contribution in [0.5, 0.6) is 11.9 Å². The Morgan fingerprint density at radius 1 is 1.57 bits per heavy atom. The fourth-order valence-corrected chi connectivity index (χ4v) is 0.752. The van der Waals surface area contributed by atoms with Crippen LogP contribution < -0.4 is 9.47 Å². The lowest BCUT2D eigenvalue weighted by Gasteiger charge is -2.04. The third-order valence-electron chi connectivity index (χ3n) is 1.25. The molecule has 0 aromatic carbocycles. The Bertz CT molecular complexity index is 319. The smallest absolute Gasteiger partial charge is 0.320 e. The Hall–Kier alpha value is -1.72. The van der Waals surface area contributed by atoms with Gasteiger partial charge >= 0.3 is 6.01 Å². The van der Waals surface area contributed by atoms with Crippen LogP contribution in [0.3, 0.4) is 0 Å². The molecule has 0 aliphatic rings. The molecule has 0 aliphatic heterocycles. The lowest BCUT2D eigenvalue weighted by molar-refractivity contribution is -0.109. The molecule has 0 unspecified atom stereocenters. The molecule has 0 fully saturated rings. The van der Waals surface area contributed by atoms with E-state index < -0.39 is 5.82 Å². The number of nitrogens with zero attached hydrogens (tertiary/aromatic N) is 2. The van der Waals surface area contributed by atoms with E-state index in [0.717, 1.165) is 6.20 Å². The average Bonchev–Trinajstić information content (AvgIpc) is 2.19. The van der Waals surface area contributed by atoms with Gasteiger partial charge in [0.15, 0.2) is 6.29 Å². The fourth-order valence-electron chi connectivity index (χ4n) is 0.752. The fraction of sp³-hybridized carbons (Fsp3) is 0.375. The molecule has 0 bridgehead atoms. The van der Waals surface area contributed by atoms with Gasteiger partial charge in [0, 0.05) is 0 Å². The highest BCUT2D eigenvalue weighted by Gasteiger charge is 2.07. The minimum Gasteiger partial charge on any atom is -0.476 e. The normalized spacial score (nSPS) is 9.57. The summed E-state index contributed by atoms with van der Waals surface area (Å²) in [6, 6.07) is -0.0815. The van der Waals surface area contributed by atoms with Gasteiger partial charge in [-0.05, 0) is 6.92 Å². The first kappa shape index (κ1) is 10.4. The topological polar surface area (TPSA) is 61.3 Å². The summed E-state index contributed by atoms with van der Waals surface area (Å²) < 4.78 is 22.5. The Labute approximate surface area is 79.9 Å². The highest BCUT2D eigenvalue weighted by atomic mass is 19.1. The highest BCUT2D eigenvalue weighted by molar-refractivity contribution is 5.51. The maximum Gasteiger partial charge on any atom is 0.320 e. The van der Waals surface area contributed by atoms with E-state index in [-0.39, 0.29) is 18.5 Å². The predicted molar refractivity (Wildman–Crippen MR) is 44.7 cm³/mol. The zero-order valence-electron chi connectivity index (χ0n) is 7.57. The zero-order chi connectivity index (χ0) is 10.4. The summed E-state index contributed by atoms with van der Waals surface area (Å²) in [5, 5.41) is 0. The van der Waals surface area contributed by atoms with Crippen LogP contribution in [-0.2, 0) is 4.79 Å². The molecule has 0 saturated carbocycles. The summed E-state index contributed by atoms with van der Waals surface area (Å²) in [4.78, 5) is 17.1. The first-order chi connectivity index (χ1) is 6.77. The van der Waals surface area contributed by atoms with Gasteiger partial charge in [0.2, 0.25) is 5.82 Å². The lowest BCUT2D eigenvalue weighted by Crippen LogP contribution is -2.05. The van der Waals surface area contributed by atoms with Crippen LogP contribution in [-0.4, -0.2) is 29.5 Å². The van der Waals surface area contributed by atoms with Crippen LogP contribution in [0, 0.1) is 5.82 Å². The first-order valence-corrected chi connectivity index (χ1v) is 3.99. The van der Waals surface area contributed by atoms with Gasteiger partial charge in [0.25, 0.3) is 5.88 Å². The van der Waals surface area contributed by atoms with Crippen molar-refractivity contribution in [1.82, 2.24) is 9.97 Å². The average molecular weight is 200 g/mol. The maximum absolute atomic E-state index is 12.9. The van der Waals surface area contributed by atoms with E-state index in [2.05, 4.69) is 9.97 Å². The number of aromatic nitrogens is 2. The van der Waals surface area contributed by atoms with E-state index in [9.17, 15) is 9.18 Å². The van der Waals surface area contributed by atoms with Gasteiger partial charge in [-0.3, -0.25) is 4.79 Å². The highest BCUT2D eigenvalue weighted by Crippen LogP contribution is 2.15. The van der Waals surface area contributed by atoms with Crippen molar-refractivity contribution in [1.29, 1.82) is 0 Å². The van der Waals surface area contributed by atoms with Gasteiger partial charge in [0.05, 0.1) is 12.8 Å². The van der Waals surface area contributed by atoms with Crippen LogP contribution in [0.4, 0.5) is 4.39 Å². The molecule has 1 heterocycles. The van der Waals surface area contributed by atoms with Gasteiger partial charge < -0.3 is 9.47 Å². The molecule has 0 saturated heterocycles. The van der Waals surface area contributed by atoms with Gasteiger partial charge in [-0.15, -0.1) is 0 Å². The monoisotopic (exact) mass is 200 g/mol. The van der Waals surface area contributed by atoms with E-state index in [1.165, 1.54) is 0 Å². The second-order valence-corrected chi connectivity index (χ2v) is 2.22. The van der Waals surface area contributed by atoms with Crippen molar-refractivity contribution in [2.24, 2.45) is 0 Å². The van der Waals surface area contributed by atoms with E-state index in [0.29, 0.717) is 12.9 Å². The van der Waals surface area contributed by atoms with Crippen LogP contribution in [0.25, 0.3) is 0 Å². The number of ether oxygens (including phenoxy) is 2. The van der Waals surface area contributed by atoms with Crippen molar-refractivity contribution in [2.75, 3.05) is 13.2 Å². The largest absolute Gasteiger partial charge is 0.476 e. The third-order valence-corrected chi connectivity index (χ3v) is 1.25. The molecule has 6 heteroatoms. The quantitative estimate of drug-likeness (QED) is 0.651.